The Morgan fingerprint density at radius 2 is 1.67 bits per heavy atom. The molecule has 0 aliphatic carbocycles. The van der Waals surface area contributed by atoms with Crippen LogP contribution in [0.5, 0.6) is 0 Å². The van der Waals surface area contributed by atoms with E-state index in [1.54, 1.807) is 35.2 Å². The first-order valence-electron chi connectivity index (χ1n) is 10.6. The highest BCUT2D eigenvalue weighted by Crippen LogP contribution is 2.18. The average molecular weight is 451 g/mol. The largest absolute Gasteiger partial charge is 0.355 e. The molecule has 7 nitrogen and oxygen atoms in total. The van der Waals surface area contributed by atoms with Gasteiger partial charge in [0.1, 0.15) is 17.5 Å². The van der Waals surface area contributed by atoms with Crippen molar-refractivity contribution in [1.29, 1.82) is 0 Å². The number of nitrogens with zero attached hydrogens (tertiary/aromatic N) is 3. The van der Waals surface area contributed by atoms with E-state index >= 15 is 0 Å². The van der Waals surface area contributed by atoms with E-state index in [1.165, 1.54) is 36.5 Å². The van der Waals surface area contributed by atoms with Gasteiger partial charge in [-0.15, -0.1) is 0 Å². The maximum absolute atomic E-state index is 14.0. The summed E-state index contributed by atoms with van der Waals surface area (Å²) >= 11 is 0. The number of aromatic nitrogens is 1. The summed E-state index contributed by atoms with van der Waals surface area (Å²) in [5.41, 5.74) is 0.908. The van der Waals surface area contributed by atoms with Crippen LogP contribution in [0.1, 0.15) is 16.8 Å². The number of rotatable bonds is 4. The molecule has 2 N–H and O–H groups in total. The molecule has 3 amide bonds. The Bertz CT molecular complexity index is 1140. The minimum atomic E-state index is -0.519. The number of hydrogen-bond donors (Lipinski definition) is 2. The molecule has 0 radical (unpaired) electrons. The van der Waals surface area contributed by atoms with Crippen LogP contribution in [0.4, 0.5) is 30.8 Å². The van der Waals surface area contributed by atoms with Crippen molar-refractivity contribution in [1.82, 2.24) is 9.88 Å². The summed E-state index contributed by atoms with van der Waals surface area (Å²) in [7, 11) is 0. The molecule has 1 aliphatic rings. The van der Waals surface area contributed by atoms with Gasteiger partial charge in [-0.1, -0.05) is 18.2 Å². The van der Waals surface area contributed by atoms with Gasteiger partial charge in [-0.25, -0.2) is 18.6 Å². The lowest BCUT2D eigenvalue weighted by Crippen LogP contribution is -2.35. The van der Waals surface area contributed by atoms with E-state index in [-0.39, 0.29) is 11.5 Å². The fourth-order valence-electron chi connectivity index (χ4n) is 3.66. The molecular formula is C24H23F2N5O2. The van der Waals surface area contributed by atoms with Crippen molar-refractivity contribution in [2.45, 2.75) is 6.42 Å². The van der Waals surface area contributed by atoms with Crippen molar-refractivity contribution < 1.29 is 18.4 Å². The highest BCUT2D eigenvalue weighted by Gasteiger charge is 2.22. The van der Waals surface area contributed by atoms with Gasteiger partial charge in [-0.2, -0.15) is 0 Å². The van der Waals surface area contributed by atoms with Crippen LogP contribution in [0.15, 0.2) is 66.9 Å². The topological polar surface area (TPSA) is 77.6 Å². The van der Waals surface area contributed by atoms with E-state index in [2.05, 4.69) is 15.6 Å². The van der Waals surface area contributed by atoms with E-state index in [1.807, 2.05) is 4.90 Å². The SMILES string of the molecule is O=C(Nc1ccc(N2CCCN(C(=O)c3ccccc3F)CC2)nc1)Nc1cccc(F)c1. The van der Waals surface area contributed by atoms with Crippen molar-refractivity contribution in [2.75, 3.05) is 41.7 Å². The minimum Gasteiger partial charge on any atom is -0.355 e. The monoisotopic (exact) mass is 451 g/mol. The molecule has 0 unspecified atom stereocenters. The van der Waals surface area contributed by atoms with Crippen molar-refractivity contribution in [2.24, 2.45) is 0 Å². The minimum absolute atomic E-state index is 0.0796. The Morgan fingerprint density at radius 3 is 2.42 bits per heavy atom. The predicted molar refractivity (Wildman–Crippen MR) is 122 cm³/mol. The second-order valence-corrected chi connectivity index (χ2v) is 7.61. The van der Waals surface area contributed by atoms with E-state index in [0.29, 0.717) is 43.4 Å². The number of carbonyl (C=O) groups excluding carboxylic acids is 2. The summed E-state index contributed by atoms with van der Waals surface area (Å²) in [6.45, 7) is 2.23. The standard InChI is InChI=1S/C24H23F2N5O2/c25-17-5-3-6-18(15-17)28-24(33)29-19-9-10-22(27-16-19)30-11-4-12-31(14-13-30)23(32)20-7-1-2-8-21(20)26/h1-3,5-10,15-16H,4,11-14H2,(H2,28,29,33). The highest BCUT2D eigenvalue weighted by molar-refractivity contribution is 5.99. The molecule has 1 aliphatic heterocycles. The summed E-state index contributed by atoms with van der Waals surface area (Å²) in [4.78, 5) is 32.9. The van der Waals surface area contributed by atoms with Crippen molar-refractivity contribution in [3.63, 3.8) is 0 Å². The third kappa shape index (κ3) is 5.62. The van der Waals surface area contributed by atoms with Gasteiger partial charge in [0.2, 0.25) is 0 Å². The smallest absolute Gasteiger partial charge is 0.323 e. The molecule has 1 fully saturated rings. The van der Waals surface area contributed by atoms with Crippen LogP contribution in [0.3, 0.4) is 0 Å². The van der Waals surface area contributed by atoms with Gasteiger partial charge in [0.05, 0.1) is 17.4 Å². The van der Waals surface area contributed by atoms with Crippen LogP contribution in [0.25, 0.3) is 0 Å². The summed E-state index contributed by atoms with van der Waals surface area (Å²) in [5.74, 6) is -0.557. The number of urea groups is 1. The van der Waals surface area contributed by atoms with Gasteiger partial charge in [0.15, 0.2) is 0 Å². The van der Waals surface area contributed by atoms with Gasteiger partial charge in [-0.3, -0.25) is 4.79 Å². The number of nitrogens with one attached hydrogen (secondary N) is 2. The van der Waals surface area contributed by atoms with Crippen LogP contribution in [-0.2, 0) is 0 Å². The molecule has 170 valence electrons. The number of anilines is 3. The normalized spacial score (nSPS) is 13.9. The molecule has 0 atom stereocenters. The lowest BCUT2D eigenvalue weighted by molar-refractivity contribution is 0.0762. The first-order valence-corrected chi connectivity index (χ1v) is 10.6. The number of halogens is 2. The maximum atomic E-state index is 14.0. The zero-order valence-electron chi connectivity index (χ0n) is 17.8. The quantitative estimate of drug-likeness (QED) is 0.618. The maximum Gasteiger partial charge on any atom is 0.323 e. The second kappa shape index (κ2) is 10.1. The molecule has 1 saturated heterocycles. The Morgan fingerprint density at radius 1 is 0.848 bits per heavy atom. The molecule has 33 heavy (non-hydrogen) atoms. The van der Waals surface area contributed by atoms with E-state index < -0.39 is 17.7 Å². The summed E-state index contributed by atoms with van der Waals surface area (Å²) in [6, 6.07) is 14.6. The highest BCUT2D eigenvalue weighted by atomic mass is 19.1. The van der Waals surface area contributed by atoms with Crippen molar-refractivity contribution in [3.05, 3.63) is 84.1 Å². The number of hydrogen-bond acceptors (Lipinski definition) is 4. The zero-order chi connectivity index (χ0) is 23.2. The Balaban J connectivity index is 1.34. The Hall–Kier alpha value is -4.01. The predicted octanol–water partition coefficient (Wildman–Crippen LogP) is 4.36. The third-order valence-corrected chi connectivity index (χ3v) is 5.30. The van der Waals surface area contributed by atoms with Gasteiger partial charge in [-0.05, 0) is 48.9 Å². The van der Waals surface area contributed by atoms with Crippen LogP contribution in [-0.4, -0.2) is 48.0 Å². The Kier molecular flexibility index (Phi) is 6.77. The number of carbonyl (C=O) groups is 2. The molecule has 0 spiro atoms. The molecule has 9 heteroatoms. The summed E-state index contributed by atoms with van der Waals surface area (Å²) < 4.78 is 27.2. The molecule has 1 aromatic heterocycles. The second-order valence-electron chi connectivity index (χ2n) is 7.61. The first kappa shape index (κ1) is 22.2. The fourth-order valence-corrected chi connectivity index (χ4v) is 3.66. The molecule has 0 bridgehead atoms. The van der Waals surface area contributed by atoms with E-state index in [4.69, 9.17) is 0 Å². The van der Waals surface area contributed by atoms with Gasteiger partial charge in [0, 0.05) is 31.9 Å². The third-order valence-electron chi connectivity index (χ3n) is 5.30. The summed E-state index contributed by atoms with van der Waals surface area (Å²) in [5, 5.41) is 5.21. The summed E-state index contributed by atoms with van der Waals surface area (Å²) in [6.07, 6.45) is 2.26. The first-order chi connectivity index (χ1) is 16.0. The lowest BCUT2D eigenvalue weighted by Gasteiger charge is -2.23. The molecule has 3 aromatic rings. The van der Waals surface area contributed by atoms with Gasteiger partial charge >= 0.3 is 6.03 Å². The molecule has 0 saturated carbocycles. The van der Waals surface area contributed by atoms with Gasteiger partial charge in [0.25, 0.3) is 5.91 Å². The molecule has 4 rings (SSSR count). The van der Waals surface area contributed by atoms with E-state index in [0.717, 1.165) is 6.42 Å². The van der Waals surface area contributed by atoms with E-state index in [9.17, 15) is 18.4 Å². The zero-order valence-corrected chi connectivity index (χ0v) is 17.8. The molecular weight excluding hydrogens is 428 g/mol. The van der Waals surface area contributed by atoms with Crippen molar-refractivity contribution >= 4 is 29.1 Å². The number of amides is 3. The molecule has 2 heterocycles. The van der Waals surface area contributed by atoms with Gasteiger partial charge < -0.3 is 20.4 Å². The number of pyridine rings is 1. The van der Waals surface area contributed by atoms with Crippen LogP contribution in [0.2, 0.25) is 0 Å². The number of benzene rings is 2. The van der Waals surface area contributed by atoms with Crippen LogP contribution >= 0.6 is 0 Å². The lowest BCUT2D eigenvalue weighted by atomic mass is 10.2. The fraction of sp³-hybridized carbons (Fsp3) is 0.208. The van der Waals surface area contributed by atoms with Crippen LogP contribution in [0, 0.1) is 11.6 Å². The van der Waals surface area contributed by atoms with Crippen molar-refractivity contribution in [3.8, 4) is 0 Å². The molecule has 2 aromatic carbocycles. The average Bonchev–Trinajstić information content (AvgIpc) is 3.06. The van der Waals surface area contributed by atoms with Crippen LogP contribution < -0.4 is 15.5 Å². The Labute approximate surface area is 190 Å².